The monoisotopic (exact) mass is 192 g/mol. The van der Waals surface area contributed by atoms with E-state index in [0.29, 0.717) is 6.10 Å². The number of aryl methyl sites for hydroxylation is 1. The van der Waals surface area contributed by atoms with Crippen LogP contribution in [0.1, 0.15) is 18.4 Å². The fourth-order valence-electron chi connectivity index (χ4n) is 1.66. The maximum absolute atomic E-state index is 5.51. The number of rotatable bonds is 3. The normalized spacial score (nSPS) is 21.1. The van der Waals surface area contributed by atoms with E-state index in [9.17, 15) is 0 Å². The molecule has 14 heavy (non-hydrogen) atoms. The van der Waals surface area contributed by atoms with Crippen molar-refractivity contribution in [2.24, 2.45) is 0 Å². The summed E-state index contributed by atoms with van der Waals surface area (Å²) in [5.74, 6) is 0.945. The molecule has 1 atom stereocenters. The number of aromatic nitrogens is 1. The van der Waals surface area contributed by atoms with Gasteiger partial charge in [0.25, 0.3) is 0 Å². The second-order valence-electron chi connectivity index (χ2n) is 3.73. The van der Waals surface area contributed by atoms with Crippen molar-refractivity contribution < 1.29 is 4.74 Å². The van der Waals surface area contributed by atoms with Gasteiger partial charge in [0.1, 0.15) is 5.82 Å². The first-order chi connectivity index (χ1) is 6.84. The molecule has 1 aliphatic rings. The Hall–Kier alpha value is -1.09. The van der Waals surface area contributed by atoms with Crippen LogP contribution < -0.4 is 5.32 Å². The first-order valence-corrected chi connectivity index (χ1v) is 5.13. The molecule has 2 heterocycles. The SMILES string of the molecule is Cc1ccnc(NC[C@@H]2CCCO2)c1. The van der Waals surface area contributed by atoms with E-state index in [-0.39, 0.29) is 0 Å². The van der Waals surface area contributed by atoms with Gasteiger partial charge in [-0.1, -0.05) is 0 Å². The molecule has 3 heteroatoms. The molecule has 76 valence electrons. The summed E-state index contributed by atoms with van der Waals surface area (Å²) < 4.78 is 5.51. The first kappa shape index (κ1) is 9.46. The number of anilines is 1. The molecule has 0 aliphatic carbocycles. The lowest BCUT2D eigenvalue weighted by atomic mass is 10.2. The molecule has 1 saturated heterocycles. The number of hydrogen-bond donors (Lipinski definition) is 1. The average molecular weight is 192 g/mol. The van der Waals surface area contributed by atoms with Crippen LogP contribution in [0, 0.1) is 6.92 Å². The van der Waals surface area contributed by atoms with Gasteiger partial charge in [0.15, 0.2) is 0 Å². The van der Waals surface area contributed by atoms with Crippen LogP contribution in [-0.4, -0.2) is 24.2 Å². The highest BCUT2D eigenvalue weighted by atomic mass is 16.5. The third kappa shape index (κ3) is 2.45. The number of nitrogens with zero attached hydrogens (tertiary/aromatic N) is 1. The predicted molar refractivity (Wildman–Crippen MR) is 56.4 cm³/mol. The quantitative estimate of drug-likeness (QED) is 0.795. The Morgan fingerprint density at radius 1 is 1.64 bits per heavy atom. The maximum Gasteiger partial charge on any atom is 0.126 e. The van der Waals surface area contributed by atoms with Crippen molar-refractivity contribution in [1.29, 1.82) is 0 Å². The minimum absolute atomic E-state index is 0.373. The number of ether oxygens (including phenoxy) is 1. The Balaban J connectivity index is 1.85. The fourth-order valence-corrected chi connectivity index (χ4v) is 1.66. The van der Waals surface area contributed by atoms with Crippen molar-refractivity contribution in [1.82, 2.24) is 4.98 Å². The van der Waals surface area contributed by atoms with E-state index in [1.165, 1.54) is 18.4 Å². The van der Waals surface area contributed by atoms with Crippen molar-refractivity contribution in [2.45, 2.75) is 25.9 Å². The van der Waals surface area contributed by atoms with Gasteiger partial charge in [-0.3, -0.25) is 0 Å². The molecule has 0 spiro atoms. The summed E-state index contributed by atoms with van der Waals surface area (Å²) in [6, 6.07) is 4.05. The predicted octanol–water partition coefficient (Wildman–Crippen LogP) is 1.98. The zero-order valence-corrected chi connectivity index (χ0v) is 8.49. The van der Waals surface area contributed by atoms with Crippen LogP contribution in [0.5, 0.6) is 0 Å². The van der Waals surface area contributed by atoms with Crippen LogP contribution in [0.15, 0.2) is 18.3 Å². The third-order valence-electron chi connectivity index (χ3n) is 2.45. The molecule has 0 amide bonds. The van der Waals surface area contributed by atoms with E-state index in [4.69, 9.17) is 4.74 Å². The van der Waals surface area contributed by atoms with Crippen molar-refractivity contribution >= 4 is 5.82 Å². The van der Waals surface area contributed by atoms with E-state index in [2.05, 4.69) is 23.3 Å². The topological polar surface area (TPSA) is 34.2 Å². The Kier molecular flexibility index (Phi) is 2.99. The molecule has 0 radical (unpaired) electrons. The summed E-state index contributed by atoms with van der Waals surface area (Å²) in [4.78, 5) is 4.23. The number of hydrogen-bond acceptors (Lipinski definition) is 3. The molecule has 1 aromatic heterocycles. The molecule has 1 aliphatic heterocycles. The second kappa shape index (κ2) is 4.42. The largest absolute Gasteiger partial charge is 0.376 e. The molecular weight excluding hydrogens is 176 g/mol. The second-order valence-corrected chi connectivity index (χ2v) is 3.73. The van der Waals surface area contributed by atoms with Gasteiger partial charge in [-0.25, -0.2) is 4.98 Å². The lowest BCUT2D eigenvalue weighted by Gasteiger charge is -2.11. The fraction of sp³-hybridized carbons (Fsp3) is 0.545. The highest BCUT2D eigenvalue weighted by Gasteiger charge is 2.14. The minimum Gasteiger partial charge on any atom is -0.376 e. The minimum atomic E-state index is 0.373. The molecule has 0 unspecified atom stereocenters. The lowest BCUT2D eigenvalue weighted by molar-refractivity contribution is 0.120. The summed E-state index contributed by atoms with van der Waals surface area (Å²) in [6.07, 6.45) is 4.55. The number of pyridine rings is 1. The van der Waals surface area contributed by atoms with Crippen LogP contribution in [0.2, 0.25) is 0 Å². The molecule has 1 N–H and O–H groups in total. The van der Waals surface area contributed by atoms with Gasteiger partial charge in [-0.2, -0.15) is 0 Å². The van der Waals surface area contributed by atoms with Crippen LogP contribution in [0.25, 0.3) is 0 Å². The molecular formula is C11H16N2O. The van der Waals surface area contributed by atoms with Crippen LogP contribution in [0.3, 0.4) is 0 Å². The summed E-state index contributed by atoms with van der Waals surface area (Å²) in [6.45, 7) is 3.85. The van der Waals surface area contributed by atoms with Gasteiger partial charge in [0.05, 0.1) is 6.10 Å². The van der Waals surface area contributed by atoms with Gasteiger partial charge in [-0.15, -0.1) is 0 Å². The van der Waals surface area contributed by atoms with E-state index >= 15 is 0 Å². The van der Waals surface area contributed by atoms with Gasteiger partial charge in [0, 0.05) is 19.3 Å². The molecule has 3 nitrogen and oxygen atoms in total. The Morgan fingerprint density at radius 3 is 3.29 bits per heavy atom. The van der Waals surface area contributed by atoms with Crippen molar-refractivity contribution in [2.75, 3.05) is 18.5 Å². The maximum atomic E-state index is 5.51. The van der Waals surface area contributed by atoms with E-state index < -0.39 is 0 Å². The smallest absolute Gasteiger partial charge is 0.126 e. The van der Waals surface area contributed by atoms with Gasteiger partial charge < -0.3 is 10.1 Å². The Labute approximate surface area is 84.5 Å². The third-order valence-corrected chi connectivity index (χ3v) is 2.45. The van der Waals surface area contributed by atoms with Gasteiger partial charge in [0.2, 0.25) is 0 Å². The molecule has 1 fully saturated rings. The van der Waals surface area contributed by atoms with Crippen molar-refractivity contribution in [3.8, 4) is 0 Å². The average Bonchev–Trinajstić information content (AvgIpc) is 2.67. The van der Waals surface area contributed by atoms with Gasteiger partial charge >= 0.3 is 0 Å². The van der Waals surface area contributed by atoms with E-state index in [1.54, 1.807) is 0 Å². The first-order valence-electron chi connectivity index (χ1n) is 5.13. The lowest BCUT2D eigenvalue weighted by Crippen LogP contribution is -2.18. The van der Waals surface area contributed by atoms with E-state index in [1.807, 2.05) is 12.3 Å². The summed E-state index contributed by atoms with van der Waals surface area (Å²) in [7, 11) is 0. The highest BCUT2D eigenvalue weighted by molar-refractivity contribution is 5.36. The van der Waals surface area contributed by atoms with Crippen molar-refractivity contribution in [3.05, 3.63) is 23.9 Å². The van der Waals surface area contributed by atoms with Crippen LogP contribution in [0.4, 0.5) is 5.82 Å². The van der Waals surface area contributed by atoms with Crippen LogP contribution >= 0.6 is 0 Å². The standard InChI is InChI=1S/C11H16N2O/c1-9-4-5-12-11(7-9)13-8-10-3-2-6-14-10/h4-5,7,10H,2-3,6,8H2,1H3,(H,12,13)/t10-/m0/s1. The molecule has 0 saturated carbocycles. The molecule has 2 rings (SSSR count). The Morgan fingerprint density at radius 2 is 2.57 bits per heavy atom. The van der Waals surface area contributed by atoms with E-state index in [0.717, 1.165) is 19.0 Å². The highest BCUT2D eigenvalue weighted by Crippen LogP contribution is 2.13. The summed E-state index contributed by atoms with van der Waals surface area (Å²) in [5.41, 5.74) is 1.23. The van der Waals surface area contributed by atoms with Crippen molar-refractivity contribution in [3.63, 3.8) is 0 Å². The molecule has 0 aromatic carbocycles. The number of nitrogens with one attached hydrogen (secondary N) is 1. The van der Waals surface area contributed by atoms with Gasteiger partial charge in [-0.05, 0) is 37.5 Å². The zero-order chi connectivity index (χ0) is 9.80. The molecule has 1 aromatic rings. The zero-order valence-electron chi connectivity index (χ0n) is 8.49. The summed E-state index contributed by atoms with van der Waals surface area (Å²) in [5, 5.41) is 3.29. The Bertz CT molecular complexity index is 295. The van der Waals surface area contributed by atoms with Crippen LogP contribution in [-0.2, 0) is 4.74 Å². The molecule has 0 bridgehead atoms. The summed E-state index contributed by atoms with van der Waals surface area (Å²) >= 11 is 0.